The number of rotatable bonds is 5. The van der Waals surface area contributed by atoms with Crippen molar-refractivity contribution < 1.29 is 4.79 Å². The van der Waals surface area contributed by atoms with Crippen molar-refractivity contribution in [3.63, 3.8) is 0 Å². The maximum atomic E-state index is 12.5. The van der Waals surface area contributed by atoms with Gasteiger partial charge in [-0.15, -0.1) is 0 Å². The molecule has 0 aliphatic carbocycles. The lowest BCUT2D eigenvalue weighted by Crippen LogP contribution is -2.43. The van der Waals surface area contributed by atoms with Gasteiger partial charge < -0.3 is 5.32 Å². The van der Waals surface area contributed by atoms with Gasteiger partial charge >= 0.3 is 0 Å². The van der Waals surface area contributed by atoms with Crippen LogP contribution in [-0.4, -0.2) is 21.9 Å². The molecule has 0 aliphatic heterocycles. The van der Waals surface area contributed by atoms with E-state index in [0.29, 0.717) is 5.69 Å². The third kappa shape index (κ3) is 3.77. The molecule has 1 amide bonds. The lowest BCUT2D eigenvalue weighted by Gasteiger charge is -2.26. The summed E-state index contributed by atoms with van der Waals surface area (Å²) in [5.41, 5.74) is 2.09. The Morgan fingerprint density at radius 3 is 2.54 bits per heavy atom. The standard InChI is InChI=1S/C19H22N4O/c1-5-13(2)22-18(24)19(3,4)15-8-6-14(7-9-15)17-12-21-11-16(10-20)23-17/h6-9,11-13H,5H2,1-4H3,(H,22,24). The van der Waals surface area contributed by atoms with E-state index in [4.69, 9.17) is 5.26 Å². The fourth-order valence-electron chi connectivity index (χ4n) is 2.25. The second kappa shape index (κ2) is 7.22. The number of aromatic nitrogens is 2. The fraction of sp³-hybridized carbons (Fsp3) is 0.368. The van der Waals surface area contributed by atoms with Gasteiger partial charge in [0.25, 0.3) is 0 Å². The first-order chi connectivity index (χ1) is 11.4. The summed E-state index contributed by atoms with van der Waals surface area (Å²) >= 11 is 0. The first-order valence-electron chi connectivity index (χ1n) is 8.02. The maximum absolute atomic E-state index is 12.5. The molecule has 2 aromatic rings. The quantitative estimate of drug-likeness (QED) is 0.917. The van der Waals surface area contributed by atoms with E-state index in [0.717, 1.165) is 17.5 Å². The normalized spacial score (nSPS) is 12.3. The van der Waals surface area contributed by atoms with Crippen LogP contribution >= 0.6 is 0 Å². The molecule has 0 saturated carbocycles. The zero-order valence-electron chi connectivity index (χ0n) is 14.5. The molecule has 5 nitrogen and oxygen atoms in total. The summed E-state index contributed by atoms with van der Waals surface area (Å²) < 4.78 is 0. The Balaban J connectivity index is 2.25. The number of hydrogen-bond donors (Lipinski definition) is 1. The van der Waals surface area contributed by atoms with Crippen molar-refractivity contribution in [2.24, 2.45) is 0 Å². The lowest BCUT2D eigenvalue weighted by atomic mass is 9.83. The van der Waals surface area contributed by atoms with Gasteiger partial charge in [-0.2, -0.15) is 5.26 Å². The minimum atomic E-state index is -0.623. The predicted octanol–water partition coefficient (Wildman–Crippen LogP) is 3.21. The van der Waals surface area contributed by atoms with E-state index in [9.17, 15) is 4.79 Å². The molecule has 0 fully saturated rings. The minimum absolute atomic E-state index is 0.0101. The van der Waals surface area contributed by atoms with Crippen molar-refractivity contribution in [1.82, 2.24) is 15.3 Å². The van der Waals surface area contributed by atoms with Crippen LogP contribution in [0.15, 0.2) is 36.7 Å². The Morgan fingerprint density at radius 1 is 1.29 bits per heavy atom. The van der Waals surface area contributed by atoms with Crippen LogP contribution in [0.25, 0.3) is 11.3 Å². The lowest BCUT2D eigenvalue weighted by molar-refractivity contribution is -0.126. The number of nitrogens with one attached hydrogen (secondary N) is 1. The van der Waals surface area contributed by atoms with Crippen LogP contribution in [0.4, 0.5) is 0 Å². The van der Waals surface area contributed by atoms with Gasteiger partial charge in [0.15, 0.2) is 5.69 Å². The molecule has 0 radical (unpaired) electrons. The van der Waals surface area contributed by atoms with E-state index in [1.807, 2.05) is 58.0 Å². The summed E-state index contributed by atoms with van der Waals surface area (Å²) in [5.74, 6) is 0.0101. The summed E-state index contributed by atoms with van der Waals surface area (Å²) in [4.78, 5) is 20.8. The summed E-state index contributed by atoms with van der Waals surface area (Å²) in [6, 6.07) is 9.79. The van der Waals surface area contributed by atoms with Gasteiger partial charge in [-0.05, 0) is 32.8 Å². The highest BCUT2D eigenvalue weighted by atomic mass is 16.2. The van der Waals surface area contributed by atoms with Crippen LogP contribution in [0, 0.1) is 11.3 Å². The van der Waals surface area contributed by atoms with Gasteiger partial charge in [0, 0.05) is 11.6 Å². The molecule has 1 aromatic heterocycles. The monoisotopic (exact) mass is 322 g/mol. The predicted molar refractivity (Wildman–Crippen MR) is 93.1 cm³/mol. The molecule has 1 N–H and O–H groups in total. The van der Waals surface area contributed by atoms with Crippen LogP contribution in [0.3, 0.4) is 0 Å². The zero-order valence-corrected chi connectivity index (χ0v) is 14.5. The summed E-state index contributed by atoms with van der Waals surface area (Å²) in [6.07, 6.45) is 3.95. The Hall–Kier alpha value is -2.74. The first kappa shape index (κ1) is 17.6. The number of carbonyl (C=O) groups is 1. The molecule has 1 aromatic carbocycles. The number of nitriles is 1. The summed E-state index contributed by atoms with van der Waals surface area (Å²) in [7, 11) is 0. The smallest absolute Gasteiger partial charge is 0.230 e. The number of benzene rings is 1. The van der Waals surface area contributed by atoms with Crippen molar-refractivity contribution in [1.29, 1.82) is 5.26 Å². The zero-order chi connectivity index (χ0) is 17.7. The van der Waals surface area contributed by atoms with Crippen molar-refractivity contribution in [3.05, 3.63) is 47.9 Å². The van der Waals surface area contributed by atoms with Crippen molar-refractivity contribution in [3.8, 4) is 17.3 Å². The molecular weight excluding hydrogens is 300 g/mol. The van der Waals surface area contributed by atoms with E-state index >= 15 is 0 Å². The number of carbonyl (C=O) groups excluding carboxylic acids is 1. The first-order valence-corrected chi connectivity index (χ1v) is 8.02. The van der Waals surface area contributed by atoms with Crippen molar-refractivity contribution in [2.45, 2.75) is 45.6 Å². The van der Waals surface area contributed by atoms with Crippen LogP contribution in [0.1, 0.15) is 45.4 Å². The highest BCUT2D eigenvalue weighted by Gasteiger charge is 2.30. The third-order valence-electron chi connectivity index (χ3n) is 4.21. The van der Waals surface area contributed by atoms with Gasteiger partial charge in [-0.25, -0.2) is 4.98 Å². The molecule has 1 atom stereocenters. The minimum Gasteiger partial charge on any atom is -0.353 e. The molecule has 1 unspecified atom stereocenters. The molecular formula is C19H22N4O. The number of amides is 1. The van der Waals surface area contributed by atoms with Gasteiger partial charge in [-0.3, -0.25) is 9.78 Å². The second-order valence-electron chi connectivity index (χ2n) is 6.39. The van der Waals surface area contributed by atoms with Crippen LogP contribution in [0.5, 0.6) is 0 Å². The van der Waals surface area contributed by atoms with Gasteiger partial charge in [0.05, 0.1) is 23.5 Å². The topological polar surface area (TPSA) is 78.7 Å². The highest BCUT2D eigenvalue weighted by Crippen LogP contribution is 2.26. The Morgan fingerprint density at radius 2 is 1.96 bits per heavy atom. The molecule has 124 valence electrons. The summed E-state index contributed by atoms with van der Waals surface area (Å²) in [5, 5.41) is 11.9. The second-order valence-corrected chi connectivity index (χ2v) is 6.39. The van der Waals surface area contributed by atoms with E-state index in [1.54, 1.807) is 6.20 Å². The van der Waals surface area contributed by atoms with Crippen molar-refractivity contribution >= 4 is 5.91 Å². The summed E-state index contributed by atoms with van der Waals surface area (Å²) in [6.45, 7) is 7.87. The number of nitrogens with zero attached hydrogens (tertiary/aromatic N) is 3. The Kier molecular flexibility index (Phi) is 5.30. The van der Waals surface area contributed by atoms with E-state index < -0.39 is 5.41 Å². The fourth-order valence-corrected chi connectivity index (χ4v) is 2.25. The SMILES string of the molecule is CCC(C)NC(=O)C(C)(C)c1ccc(-c2cncc(C#N)n2)cc1. The molecule has 0 bridgehead atoms. The average Bonchev–Trinajstić information content (AvgIpc) is 2.61. The van der Waals surface area contributed by atoms with Crippen LogP contribution in [-0.2, 0) is 10.2 Å². The average molecular weight is 322 g/mol. The Bertz CT molecular complexity index is 760. The van der Waals surface area contributed by atoms with E-state index in [-0.39, 0.29) is 17.6 Å². The van der Waals surface area contributed by atoms with Crippen LogP contribution in [0.2, 0.25) is 0 Å². The molecule has 5 heteroatoms. The van der Waals surface area contributed by atoms with Gasteiger partial charge in [-0.1, -0.05) is 31.2 Å². The maximum Gasteiger partial charge on any atom is 0.230 e. The Labute approximate surface area is 142 Å². The highest BCUT2D eigenvalue weighted by molar-refractivity contribution is 5.87. The van der Waals surface area contributed by atoms with E-state index in [2.05, 4.69) is 15.3 Å². The third-order valence-corrected chi connectivity index (χ3v) is 4.21. The molecule has 2 rings (SSSR count). The molecule has 0 spiro atoms. The molecule has 24 heavy (non-hydrogen) atoms. The molecule has 1 heterocycles. The van der Waals surface area contributed by atoms with Crippen LogP contribution < -0.4 is 5.32 Å². The molecule has 0 aliphatic rings. The van der Waals surface area contributed by atoms with Gasteiger partial charge in [0.2, 0.25) is 5.91 Å². The molecule has 0 saturated heterocycles. The van der Waals surface area contributed by atoms with E-state index in [1.165, 1.54) is 6.20 Å². The van der Waals surface area contributed by atoms with Gasteiger partial charge in [0.1, 0.15) is 6.07 Å². The number of hydrogen-bond acceptors (Lipinski definition) is 4. The van der Waals surface area contributed by atoms with Crippen molar-refractivity contribution in [2.75, 3.05) is 0 Å². The largest absolute Gasteiger partial charge is 0.353 e.